The summed E-state index contributed by atoms with van der Waals surface area (Å²) in [5, 5.41) is 4.66. The molecule has 4 rings (SSSR count). The Hall–Kier alpha value is -2.20. The van der Waals surface area contributed by atoms with Crippen LogP contribution in [0.5, 0.6) is 0 Å². The van der Waals surface area contributed by atoms with Crippen molar-refractivity contribution in [1.82, 2.24) is 15.3 Å². The Labute approximate surface area is 154 Å². The lowest BCUT2D eigenvalue weighted by molar-refractivity contribution is 0.460. The normalized spacial score (nSPS) is 15.9. The number of pyridine rings is 1. The highest BCUT2D eigenvalue weighted by Gasteiger charge is 2.21. The van der Waals surface area contributed by atoms with E-state index in [4.69, 9.17) is 0 Å². The molecule has 2 aromatic heterocycles. The Bertz CT molecular complexity index is 936. The summed E-state index contributed by atoms with van der Waals surface area (Å²) in [4.78, 5) is 7.55. The van der Waals surface area contributed by atoms with Gasteiger partial charge in [-0.15, -0.1) is 0 Å². The average Bonchev–Trinajstić information content (AvgIpc) is 3.03. The number of aromatic nitrogens is 2. The predicted molar refractivity (Wildman–Crippen MR) is 105 cm³/mol. The van der Waals surface area contributed by atoms with Crippen molar-refractivity contribution in [1.29, 1.82) is 0 Å². The number of H-pyrrole nitrogens is 1. The summed E-state index contributed by atoms with van der Waals surface area (Å²) in [6, 6.07) is 8.55. The van der Waals surface area contributed by atoms with E-state index in [1.807, 2.05) is 13.0 Å². The monoisotopic (exact) mass is 351 g/mol. The van der Waals surface area contributed by atoms with Crippen LogP contribution >= 0.6 is 0 Å². The van der Waals surface area contributed by atoms with E-state index in [2.05, 4.69) is 47.3 Å². The van der Waals surface area contributed by atoms with Crippen molar-refractivity contribution in [3.05, 3.63) is 53.1 Å². The average molecular weight is 351 g/mol. The van der Waals surface area contributed by atoms with Gasteiger partial charge in [0.15, 0.2) is 5.82 Å². The lowest BCUT2D eigenvalue weighted by atomic mass is 9.88. The van der Waals surface area contributed by atoms with Gasteiger partial charge in [-0.3, -0.25) is 4.98 Å². The van der Waals surface area contributed by atoms with E-state index >= 15 is 0 Å². The highest BCUT2D eigenvalue weighted by Crippen LogP contribution is 2.38. The van der Waals surface area contributed by atoms with E-state index in [-0.39, 0.29) is 5.82 Å². The number of aryl methyl sites for hydroxylation is 1. The lowest BCUT2D eigenvalue weighted by Crippen LogP contribution is -2.26. The molecule has 3 aromatic rings. The fourth-order valence-electron chi connectivity index (χ4n) is 4.19. The van der Waals surface area contributed by atoms with Crippen LogP contribution in [0.4, 0.5) is 4.39 Å². The summed E-state index contributed by atoms with van der Waals surface area (Å²) in [6.07, 6.45) is 3.68. The molecule has 0 aliphatic carbocycles. The van der Waals surface area contributed by atoms with Crippen molar-refractivity contribution in [3.63, 3.8) is 0 Å². The van der Waals surface area contributed by atoms with Crippen molar-refractivity contribution >= 4 is 10.9 Å². The van der Waals surface area contributed by atoms with Crippen molar-refractivity contribution in [2.24, 2.45) is 0 Å². The number of hydrogen-bond donors (Lipinski definition) is 2. The van der Waals surface area contributed by atoms with E-state index in [0.29, 0.717) is 17.4 Å². The van der Waals surface area contributed by atoms with Gasteiger partial charge >= 0.3 is 0 Å². The summed E-state index contributed by atoms with van der Waals surface area (Å²) in [6.45, 7) is 8.42. The maximum Gasteiger partial charge on any atom is 0.150 e. The van der Waals surface area contributed by atoms with Crippen LogP contribution in [0, 0.1) is 12.7 Å². The van der Waals surface area contributed by atoms with Gasteiger partial charge in [0, 0.05) is 22.2 Å². The van der Waals surface area contributed by atoms with Gasteiger partial charge in [0.2, 0.25) is 0 Å². The second-order valence-corrected chi connectivity index (χ2v) is 7.70. The Kier molecular flexibility index (Phi) is 4.53. The maximum atomic E-state index is 14.5. The molecule has 0 amide bonds. The number of nitrogens with zero attached hydrogens (tertiary/aromatic N) is 1. The summed E-state index contributed by atoms with van der Waals surface area (Å²) in [7, 11) is 0. The van der Waals surface area contributed by atoms with E-state index in [9.17, 15) is 4.39 Å². The summed E-state index contributed by atoms with van der Waals surface area (Å²) in [5.74, 6) is 0.636. The smallest absolute Gasteiger partial charge is 0.150 e. The van der Waals surface area contributed by atoms with Crippen molar-refractivity contribution in [2.45, 2.75) is 45.4 Å². The molecule has 0 bridgehead atoms. The number of benzene rings is 1. The number of rotatable bonds is 3. The van der Waals surface area contributed by atoms with Crippen LogP contribution in [0.3, 0.4) is 0 Å². The zero-order valence-corrected chi connectivity index (χ0v) is 15.7. The number of hydrogen-bond acceptors (Lipinski definition) is 2. The first-order valence-corrected chi connectivity index (χ1v) is 9.53. The molecule has 0 saturated carbocycles. The predicted octanol–water partition coefficient (Wildman–Crippen LogP) is 5.27. The van der Waals surface area contributed by atoms with E-state index in [0.717, 1.165) is 30.0 Å². The highest BCUT2D eigenvalue weighted by atomic mass is 19.1. The summed E-state index contributed by atoms with van der Waals surface area (Å²) in [5.41, 5.74) is 6.00. The Morgan fingerprint density at radius 1 is 1.15 bits per heavy atom. The number of aromatic amines is 1. The molecule has 1 saturated heterocycles. The zero-order valence-electron chi connectivity index (χ0n) is 15.7. The van der Waals surface area contributed by atoms with Gasteiger partial charge in [-0.1, -0.05) is 19.9 Å². The number of piperidine rings is 1. The molecule has 4 heteroatoms. The fourth-order valence-corrected chi connectivity index (χ4v) is 4.19. The molecule has 1 fully saturated rings. The Morgan fingerprint density at radius 2 is 1.92 bits per heavy atom. The molecular formula is C22H26FN3. The first-order valence-electron chi connectivity index (χ1n) is 9.53. The Morgan fingerprint density at radius 3 is 2.65 bits per heavy atom. The van der Waals surface area contributed by atoms with Gasteiger partial charge in [-0.2, -0.15) is 0 Å². The third kappa shape index (κ3) is 3.03. The maximum absolute atomic E-state index is 14.5. The third-order valence-corrected chi connectivity index (χ3v) is 5.51. The minimum Gasteiger partial charge on any atom is -0.354 e. The standard InChI is InChI=1S/C22H26FN3/c1-13(2)21-18-11-16(15-6-8-24-9-7-15)4-5-20(18)26-22(21)17-10-14(3)25-12-19(17)23/h4-5,10-13,15,24,26H,6-9H2,1-3H3. The van der Waals surface area contributed by atoms with Crippen LogP contribution < -0.4 is 5.32 Å². The molecule has 0 radical (unpaired) electrons. The highest BCUT2D eigenvalue weighted by molar-refractivity contribution is 5.92. The fraction of sp³-hybridized carbons (Fsp3) is 0.409. The molecule has 0 atom stereocenters. The topological polar surface area (TPSA) is 40.7 Å². The van der Waals surface area contributed by atoms with Gasteiger partial charge in [0.25, 0.3) is 0 Å². The first kappa shape index (κ1) is 17.2. The molecule has 0 unspecified atom stereocenters. The SMILES string of the molecule is Cc1cc(-c2[nH]c3ccc(C4CCNCC4)cc3c2C(C)C)c(F)cn1. The van der Waals surface area contributed by atoms with Crippen molar-refractivity contribution < 1.29 is 4.39 Å². The van der Waals surface area contributed by atoms with Crippen LogP contribution in [0.25, 0.3) is 22.2 Å². The van der Waals surface area contributed by atoms with Crippen LogP contribution in [0.15, 0.2) is 30.5 Å². The second-order valence-electron chi connectivity index (χ2n) is 7.70. The Balaban J connectivity index is 1.88. The van der Waals surface area contributed by atoms with Gasteiger partial charge in [-0.05, 0) is 74.0 Å². The zero-order chi connectivity index (χ0) is 18.3. The molecule has 0 spiro atoms. The summed E-state index contributed by atoms with van der Waals surface area (Å²) >= 11 is 0. The minimum atomic E-state index is -0.275. The molecule has 1 aliphatic rings. The first-order chi connectivity index (χ1) is 12.5. The van der Waals surface area contributed by atoms with Gasteiger partial charge in [-0.25, -0.2) is 4.39 Å². The second kappa shape index (κ2) is 6.84. The van der Waals surface area contributed by atoms with Gasteiger partial charge < -0.3 is 10.3 Å². The molecule has 1 aromatic carbocycles. The third-order valence-electron chi connectivity index (χ3n) is 5.51. The van der Waals surface area contributed by atoms with Crippen molar-refractivity contribution in [3.8, 4) is 11.3 Å². The number of halogens is 1. The molecule has 3 heterocycles. The van der Waals surface area contributed by atoms with Crippen LogP contribution in [0.2, 0.25) is 0 Å². The number of fused-ring (bicyclic) bond motifs is 1. The van der Waals surface area contributed by atoms with Crippen LogP contribution in [0.1, 0.15) is 55.3 Å². The molecule has 2 N–H and O–H groups in total. The molecule has 1 aliphatic heterocycles. The molecule has 26 heavy (non-hydrogen) atoms. The van der Waals surface area contributed by atoms with E-state index < -0.39 is 0 Å². The van der Waals surface area contributed by atoms with Gasteiger partial charge in [0.1, 0.15) is 0 Å². The van der Waals surface area contributed by atoms with Crippen LogP contribution in [-0.2, 0) is 0 Å². The quantitative estimate of drug-likeness (QED) is 0.675. The largest absolute Gasteiger partial charge is 0.354 e. The molecule has 136 valence electrons. The minimum absolute atomic E-state index is 0.275. The van der Waals surface area contributed by atoms with Crippen LogP contribution in [-0.4, -0.2) is 23.1 Å². The van der Waals surface area contributed by atoms with Crippen molar-refractivity contribution in [2.75, 3.05) is 13.1 Å². The van der Waals surface area contributed by atoms with E-state index in [1.165, 1.54) is 35.6 Å². The molecular weight excluding hydrogens is 325 g/mol. The molecule has 3 nitrogen and oxygen atoms in total. The van der Waals surface area contributed by atoms with Gasteiger partial charge in [0.05, 0.1) is 11.9 Å². The lowest BCUT2D eigenvalue weighted by Gasteiger charge is -2.23. The van der Waals surface area contributed by atoms with E-state index in [1.54, 1.807) is 0 Å². The number of nitrogens with one attached hydrogen (secondary N) is 2. The summed E-state index contributed by atoms with van der Waals surface area (Å²) < 4.78 is 14.5.